The fourth-order valence-corrected chi connectivity index (χ4v) is 3.25. The molecule has 2 heteroatoms. The molecule has 2 rings (SSSR count). The van der Waals surface area contributed by atoms with Gasteiger partial charge in [-0.3, -0.25) is 0 Å². The summed E-state index contributed by atoms with van der Waals surface area (Å²) in [5.41, 5.74) is 1.54. The van der Waals surface area contributed by atoms with E-state index in [0.29, 0.717) is 0 Å². The van der Waals surface area contributed by atoms with Crippen LogP contribution in [0.1, 0.15) is 32.6 Å². The SMILES string of the molecule is C=C1CC[N+]2(CCC)CCCC12.[Br-]. The topological polar surface area (TPSA) is 0 Å². The molecule has 2 atom stereocenters. The van der Waals surface area contributed by atoms with Gasteiger partial charge in [-0.05, 0) is 12.0 Å². The van der Waals surface area contributed by atoms with Crippen LogP contribution in [0.15, 0.2) is 12.2 Å². The Balaban J connectivity index is 0.000000845. The minimum atomic E-state index is 0. The molecule has 0 aromatic rings. The summed E-state index contributed by atoms with van der Waals surface area (Å²) in [5, 5.41) is 0. The highest BCUT2D eigenvalue weighted by Gasteiger charge is 2.46. The van der Waals surface area contributed by atoms with Crippen LogP contribution in [0.25, 0.3) is 0 Å². The van der Waals surface area contributed by atoms with E-state index in [0.717, 1.165) is 6.04 Å². The molecule has 0 amide bonds. The van der Waals surface area contributed by atoms with E-state index in [1.54, 1.807) is 5.57 Å². The third kappa shape index (κ3) is 1.71. The molecule has 2 heterocycles. The summed E-state index contributed by atoms with van der Waals surface area (Å²) >= 11 is 0. The number of nitrogens with zero attached hydrogens (tertiary/aromatic N) is 1. The van der Waals surface area contributed by atoms with Crippen molar-refractivity contribution >= 4 is 0 Å². The van der Waals surface area contributed by atoms with Crippen molar-refractivity contribution in [1.82, 2.24) is 0 Å². The summed E-state index contributed by atoms with van der Waals surface area (Å²) in [4.78, 5) is 0. The summed E-state index contributed by atoms with van der Waals surface area (Å²) < 4.78 is 1.40. The summed E-state index contributed by atoms with van der Waals surface area (Å²) in [6.07, 6.45) is 5.48. The van der Waals surface area contributed by atoms with Crippen molar-refractivity contribution in [1.29, 1.82) is 0 Å². The van der Waals surface area contributed by atoms with Crippen LogP contribution in [-0.4, -0.2) is 30.2 Å². The van der Waals surface area contributed by atoms with E-state index in [2.05, 4.69) is 13.5 Å². The lowest BCUT2D eigenvalue weighted by Gasteiger charge is -2.34. The molecular weight excluding hydrogens is 226 g/mol. The molecule has 76 valence electrons. The van der Waals surface area contributed by atoms with Gasteiger partial charge < -0.3 is 21.5 Å². The Labute approximate surface area is 92.2 Å². The van der Waals surface area contributed by atoms with Crippen LogP contribution >= 0.6 is 0 Å². The third-order valence-electron chi connectivity index (χ3n) is 3.76. The smallest absolute Gasteiger partial charge is 0.111 e. The standard InChI is InChI=1S/C11H20N.BrH/c1-3-7-12-8-4-5-11(12)10(2)6-9-12;/h11H,2-9H2,1H3;1H/q+1;/p-1. The van der Waals surface area contributed by atoms with E-state index >= 15 is 0 Å². The average Bonchev–Trinajstić information content (AvgIpc) is 2.55. The highest BCUT2D eigenvalue weighted by Crippen LogP contribution is 2.38. The Morgan fingerprint density at radius 1 is 1.46 bits per heavy atom. The van der Waals surface area contributed by atoms with E-state index in [4.69, 9.17) is 0 Å². The Kier molecular flexibility index (Phi) is 3.58. The maximum atomic E-state index is 4.21. The van der Waals surface area contributed by atoms with Crippen LogP contribution in [0, 0.1) is 0 Å². The fourth-order valence-electron chi connectivity index (χ4n) is 3.25. The van der Waals surface area contributed by atoms with E-state index in [1.807, 2.05) is 0 Å². The normalized spacial score (nSPS) is 37.3. The zero-order chi connectivity index (χ0) is 8.60. The first-order chi connectivity index (χ1) is 5.78. The largest absolute Gasteiger partial charge is 1.00 e. The molecule has 0 radical (unpaired) electrons. The van der Waals surface area contributed by atoms with Gasteiger partial charge in [-0.25, -0.2) is 0 Å². The first-order valence-electron chi connectivity index (χ1n) is 5.32. The third-order valence-corrected chi connectivity index (χ3v) is 3.76. The zero-order valence-electron chi connectivity index (χ0n) is 8.56. The lowest BCUT2D eigenvalue weighted by atomic mass is 10.1. The number of hydrogen-bond donors (Lipinski definition) is 0. The van der Waals surface area contributed by atoms with Gasteiger partial charge in [0.2, 0.25) is 0 Å². The van der Waals surface area contributed by atoms with Crippen LogP contribution in [-0.2, 0) is 0 Å². The molecule has 2 fully saturated rings. The van der Waals surface area contributed by atoms with Crippen molar-refractivity contribution in [3.8, 4) is 0 Å². The zero-order valence-corrected chi connectivity index (χ0v) is 10.1. The first-order valence-corrected chi connectivity index (χ1v) is 5.32. The minimum absolute atomic E-state index is 0. The minimum Gasteiger partial charge on any atom is -1.00 e. The molecule has 0 aromatic heterocycles. The lowest BCUT2D eigenvalue weighted by Crippen LogP contribution is -3.00. The number of hydrogen-bond acceptors (Lipinski definition) is 0. The Bertz CT molecular complexity index is 202. The Morgan fingerprint density at radius 3 is 2.92 bits per heavy atom. The van der Waals surface area contributed by atoms with Crippen LogP contribution in [0.2, 0.25) is 0 Å². The number of quaternary nitrogens is 1. The number of fused-ring (bicyclic) bond motifs is 1. The van der Waals surface area contributed by atoms with Gasteiger partial charge in [0.05, 0.1) is 19.6 Å². The summed E-state index contributed by atoms with van der Waals surface area (Å²) in [5.74, 6) is 0. The van der Waals surface area contributed by atoms with Crippen LogP contribution in [0.4, 0.5) is 0 Å². The molecule has 13 heavy (non-hydrogen) atoms. The van der Waals surface area contributed by atoms with E-state index in [1.165, 1.54) is 49.8 Å². The molecule has 2 saturated heterocycles. The van der Waals surface area contributed by atoms with E-state index < -0.39 is 0 Å². The van der Waals surface area contributed by atoms with Crippen molar-refractivity contribution in [2.75, 3.05) is 19.6 Å². The Morgan fingerprint density at radius 2 is 2.23 bits per heavy atom. The molecule has 0 spiro atoms. The predicted octanol–water partition coefficient (Wildman–Crippen LogP) is -0.660. The molecule has 1 nitrogen and oxygen atoms in total. The second kappa shape index (κ2) is 4.14. The van der Waals surface area contributed by atoms with Gasteiger partial charge in [0.1, 0.15) is 6.04 Å². The Hall–Kier alpha value is 0.180. The molecule has 0 N–H and O–H groups in total. The summed E-state index contributed by atoms with van der Waals surface area (Å²) in [7, 11) is 0. The monoisotopic (exact) mass is 245 g/mol. The van der Waals surface area contributed by atoms with Gasteiger partial charge in [0.25, 0.3) is 0 Å². The molecule has 2 unspecified atom stereocenters. The van der Waals surface area contributed by atoms with E-state index in [-0.39, 0.29) is 17.0 Å². The highest BCUT2D eigenvalue weighted by molar-refractivity contribution is 5.08. The van der Waals surface area contributed by atoms with Crippen molar-refractivity contribution in [2.45, 2.75) is 38.6 Å². The summed E-state index contributed by atoms with van der Waals surface area (Å²) in [6, 6.07) is 0.852. The molecule has 2 aliphatic heterocycles. The fraction of sp³-hybridized carbons (Fsp3) is 0.818. The summed E-state index contributed by atoms with van der Waals surface area (Å²) in [6.45, 7) is 10.7. The lowest BCUT2D eigenvalue weighted by molar-refractivity contribution is -0.924. The highest BCUT2D eigenvalue weighted by atomic mass is 79.9. The maximum Gasteiger partial charge on any atom is 0.111 e. The molecule has 0 bridgehead atoms. The van der Waals surface area contributed by atoms with Crippen molar-refractivity contribution in [2.24, 2.45) is 0 Å². The number of rotatable bonds is 2. The van der Waals surface area contributed by atoms with Crippen LogP contribution in [0.5, 0.6) is 0 Å². The van der Waals surface area contributed by atoms with Gasteiger partial charge in [0.15, 0.2) is 0 Å². The van der Waals surface area contributed by atoms with Crippen molar-refractivity contribution in [3.05, 3.63) is 12.2 Å². The van der Waals surface area contributed by atoms with Crippen LogP contribution < -0.4 is 17.0 Å². The van der Waals surface area contributed by atoms with Gasteiger partial charge in [-0.2, -0.15) is 0 Å². The molecule has 2 aliphatic rings. The van der Waals surface area contributed by atoms with Crippen molar-refractivity contribution in [3.63, 3.8) is 0 Å². The van der Waals surface area contributed by atoms with Crippen molar-refractivity contribution < 1.29 is 21.5 Å². The molecular formula is C11H20BrN. The van der Waals surface area contributed by atoms with Gasteiger partial charge >= 0.3 is 0 Å². The maximum absolute atomic E-state index is 4.21. The van der Waals surface area contributed by atoms with Crippen LogP contribution in [0.3, 0.4) is 0 Å². The molecule has 0 aliphatic carbocycles. The molecule has 0 saturated carbocycles. The van der Waals surface area contributed by atoms with E-state index in [9.17, 15) is 0 Å². The van der Waals surface area contributed by atoms with Gasteiger partial charge in [-0.15, -0.1) is 0 Å². The second-order valence-corrected chi connectivity index (χ2v) is 4.46. The predicted molar refractivity (Wildman–Crippen MR) is 51.9 cm³/mol. The molecule has 0 aromatic carbocycles. The first kappa shape index (κ1) is 11.3. The van der Waals surface area contributed by atoms with Gasteiger partial charge in [-0.1, -0.05) is 13.5 Å². The number of halogens is 1. The quantitative estimate of drug-likeness (QED) is 0.448. The average molecular weight is 246 g/mol. The van der Waals surface area contributed by atoms with Gasteiger partial charge in [0, 0.05) is 19.3 Å². The second-order valence-electron chi connectivity index (χ2n) is 4.46.